The molecule has 148 valence electrons. The second-order valence-electron chi connectivity index (χ2n) is 6.27. The third-order valence-corrected chi connectivity index (χ3v) is 4.58. The van der Waals surface area contributed by atoms with E-state index >= 15 is 0 Å². The van der Waals surface area contributed by atoms with Crippen LogP contribution in [0.25, 0.3) is 0 Å². The second-order valence-corrected chi connectivity index (χ2v) is 6.27. The highest BCUT2D eigenvalue weighted by molar-refractivity contribution is 14.0. The number of nitrogens with one attached hydrogen (secondary N) is 1. The summed E-state index contributed by atoms with van der Waals surface area (Å²) < 4.78 is 10.8. The molecule has 0 atom stereocenters. The van der Waals surface area contributed by atoms with E-state index < -0.39 is 0 Å². The highest BCUT2D eigenvalue weighted by atomic mass is 127. The lowest BCUT2D eigenvalue weighted by Gasteiger charge is -2.36. The van der Waals surface area contributed by atoms with E-state index in [9.17, 15) is 0 Å². The SMILES string of the molecule is CCCCNC(=NC)N1CCN(Cc2cc(OC)ccc2OC)CC1.I. The van der Waals surface area contributed by atoms with E-state index in [1.807, 2.05) is 19.2 Å². The van der Waals surface area contributed by atoms with Gasteiger partial charge in [-0.2, -0.15) is 0 Å². The number of methoxy groups -OCH3 is 2. The lowest BCUT2D eigenvalue weighted by molar-refractivity contribution is 0.171. The van der Waals surface area contributed by atoms with Crippen LogP contribution < -0.4 is 14.8 Å². The van der Waals surface area contributed by atoms with Crippen molar-refractivity contribution in [3.8, 4) is 11.5 Å². The summed E-state index contributed by atoms with van der Waals surface area (Å²) in [4.78, 5) is 9.21. The predicted octanol–water partition coefficient (Wildman–Crippen LogP) is 2.81. The van der Waals surface area contributed by atoms with Crippen LogP contribution in [0.3, 0.4) is 0 Å². The van der Waals surface area contributed by atoms with Gasteiger partial charge in [-0.05, 0) is 24.6 Å². The zero-order valence-electron chi connectivity index (χ0n) is 16.5. The molecule has 0 bridgehead atoms. The van der Waals surface area contributed by atoms with Gasteiger partial charge in [0.05, 0.1) is 14.2 Å². The largest absolute Gasteiger partial charge is 0.497 e. The van der Waals surface area contributed by atoms with Crippen LogP contribution in [0.5, 0.6) is 11.5 Å². The Balaban J connectivity index is 0.00000338. The van der Waals surface area contributed by atoms with Gasteiger partial charge in [0.25, 0.3) is 0 Å². The lowest BCUT2D eigenvalue weighted by Crippen LogP contribution is -2.52. The maximum atomic E-state index is 5.50. The van der Waals surface area contributed by atoms with Crippen molar-refractivity contribution in [3.63, 3.8) is 0 Å². The fraction of sp³-hybridized carbons (Fsp3) is 0.632. The molecule has 1 heterocycles. The van der Waals surface area contributed by atoms with Gasteiger partial charge in [0.2, 0.25) is 0 Å². The van der Waals surface area contributed by atoms with E-state index in [1.54, 1.807) is 14.2 Å². The summed E-state index contributed by atoms with van der Waals surface area (Å²) in [6.07, 6.45) is 2.37. The third-order valence-electron chi connectivity index (χ3n) is 4.58. The molecular weight excluding hydrogens is 443 g/mol. The highest BCUT2D eigenvalue weighted by Crippen LogP contribution is 2.25. The van der Waals surface area contributed by atoms with Crippen molar-refractivity contribution in [1.82, 2.24) is 15.1 Å². The Morgan fingerprint density at radius 3 is 2.46 bits per heavy atom. The van der Waals surface area contributed by atoms with Crippen LogP contribution in [-0.2, 0) is 6.54 Å². The molecule has 2 rings (SSSR count). The van der Waals surface area contributed by atoms with E-state index in [4.69, 9.17) is 9.47 Å². The minimum absolute atomic E-state index is 0. The number of nitrogens with zero attached hydrogens (tertiary/aromatic N) is 3. The molecule has 1 aliphatic rings. The highest BCUT2D eigenvalue weighted by Gasteiger charge is 2.20. The third kappa shape index (κ3) is 6.50. The van der Waals surface area contributed by atoms with E-state index in [1.165, 1.54) is 18.4 Å². The van der Waals surface area contributed by atoms with E-state index in [-0.39, 0.29) is 24.0 Å². The summed E-state index contributed by atoms with van der Waals surface area (Å²) in [5.41, 5.74) is 1.17. The standard InChI is InChI=1S/C19H32N4O2.HI/c1-5-6-9-21-19(20-2)23-12-10-22(11-13-23)15-16-14-17(24-3)7-8-18(16)25-4;/h7-8,14H,5-6,9-13,15H2,1-4H3,(H,20,21);1H. The van der Waals surface area contributed by atoms with Crippen molar-refractivity contribution in [3.05, 3.63) is 23.8 Å². The van der Waals surface area contributed by atoms with Crippen LogP contribution >= 0.6 is 24.0 Å². The normalized spacial score (nSPS) is 15.4. The molecule has 1 saturated heterocycles. The minimum atomic E-state index is 0. The number of hydrogen-bond acceptors (Lipinski definition) is 4. The molecule has 0 aliphatic carbocycles. The Kier molecular flexibility index (Phi) is 10.7. The first-order chi connectivity index (χ1) is 12.2. The molecule has 6 nitrogen and oxygen atoms in total. The second kappa shape index (κ2) is 12.2. The summed E-state index contributed by atoms with van der Waals surface area (Å²) >= 11 is 0. The van der Waals surface area contributed by atoms with Crippen molar-refractivity contribution >= 4 is 29.9 Å². The molecule has 0 spiro atoms. The Labute approximate surface area is 175 Å². The Hall–Kier alpha value is -1.22. The van der Waals surface area contributed by atoms with E-state index in [0.29, 0.717) is 0 Å². The maximum Gasteiger partial charge on any atom is 0.193 e. The smallest absolute Gasteiger partial charge is 0.193 e. The molecule has 1 N–H and O–H groups in total. The van der Waals surface area contributed by atoms with Crippen LogP contribution in [0.4, 0.5) is 0 Å². The van der Waals surface area contributed by atoms with Gasteiger partial charge in [0.15, 0.2) is 5.96 Å². The molecule has 1 aliphatic heterocycles. The van der Waals surface area contributed by atoms with Gasteiger partial charge in [-0.3, -0.25) is 9.89 Å². The quantitative estimate of drug-likeness (QED) is 0.284. The Morgan fingerprint density at radius 2 is 1.88 bits per heavy atom. The monoisotopic (exact) mass is 476 g/mol. The molecule has 0 saturated carbocycles. The summed E-state index contributed by atoms with van der Waals surface area (Å²) in [5.74, 6) is 2.81. The van der Waals surface area contributed by atoms with Crippen molar-refractivity contribution in [2.75, 3.05) is 54.0 Å². The Bertz CT molecular complexity index is 560. The molecular formula is C19H33IN4O2. The summed E-state index contributed by atoms with van der Waals surface area (Å²) in [6, 6.07) is 5.98. The molecule has 0 radical (unpaired) electrons. The average molecular weight is 476 g/mol. The van der Waals surface area contributed by atoms with Gasteiger partial charge in [0.1, 0.15) is 11.5 Å². The number of benzene rings is 1. The number of aliphatic imine (C=N–C) groups is 1. The molecule has 1 aromatic rings. The number of unbranched alkanes of at least 4 members (excludes halogenated alkanes) is 1. The van der Waals surface area contributed by atoms with Crippen molar-refractivity contribution in [2.24, 2.45) is 4.99 Å². The van der Waals surface area contributed by atoms with Gasteiger partial charge in [0, 0.05) is 51.9 Å². The maximum absolute atomic E-state index is 5.50. The van der Waals surface area contributed by atoms with Gasteiger partial charge in [-0.1, -0.05) is 13.3 Å². The average Bonchev–Trinajstić information content (AvgIpc) is 2.66. The fourth-order valence-electron chi connectivity index (χ4n) is 3.07. The van der Waals surface area contributed by atoms with Gasteiger partial charge < -0.3 is 19.7 Å². The topological polar surface area (TPSA) is 49.3 Å². The predicted molar refractivity (Wildman–Crippen MR) is 118 cm³/mol. The van der Waals surface area contributed by atoms with E-state index in [2.05, 4.69) is 33.1 Å². The van der Waals surface area contributed by atoms with Gasteiger partial charge in [-0.25, -0.2) is 0 Å². The van der Waals surface area contributed by atoms with Crippen LogP contribution in [0.1, 0.15) is 25.3 Å². The molecule has 7 heteroatoms. The molecule has 1 aromatic carbocycles. The van der Waals surface area contributed by atoms with Crippen LogP contribution in [0.15, 0.2) is 23.2 Å². The number of ether oxygens (including phenoxy) is 2. The van der Waals surface area contributed by atoms with Crippen LogP contribution in [-0.4, -0.2) is 69.8 Å². The first kappa shape index (κ1) is 22.8. The number of guanidine groups is 1. The Morgan fingerprint density at radius 1 is 1.15 bits per heavy atom. The van der Waals surface area contributed by atoms with Crippen LogP contribution in [0.2, 0.25) is 0 Å². The molecule has 1 fully saturated rings. The lowest BCUT2D eigenvalue weighted by atomic mass is 10.1. The number of piperazine rings is 1. The summed E-state index contributed by atoms with van der Waals surface area (Å²) in [7, 11) is 5.28. The summed E-state index contributed by atoms with van der Waals surface area (Å²) in [6.45, 7) is 8.05. The zero-order valence-corrected chi connectivity index (χ0v) is 18.8. The number of rotatable bonds is 7. The van der Waals surface area contributed by atoms with Crippen LogP contribution in [0, 0.1) is 0 Å². The first-order valence-electron chi connectivity index (χ1n) is 9.10. The molecule has 0 unspecified atom stereocenters. The van der Waals surface area contributed by atoms with Crippen molar-refractivity contribution < 1.29 is 9.47 Å². The number of hydrogen-bond donors (Lipinski definition) is 1. The molecule has 26 heavy (non-hydrogen) atoms. The van der Waals surface area contributed by atoms with Crippen molar-refractivity contribution in [2.45, 2.75) is 26.3 Å². The molecule has 0 amide bonds. The fourth-order valence-corrected chi connectivity index (χ4v) is 3.07. The van der Waals surface area contributed by atoms with E-state index in [0.717, 1.165) is 56.7 Å². The van der Waals surface area contributed by atoms with Crippen molar-refractivity contribution in [1.29, 1.82) is 0 Å². The molecule has 0 aromatic heterocycles. The first-order valence-corrected chi connectivity index (χ1v) is 9.10. The number of halogens is 1. The summed E-state index contributed by atoms with van der Waals surface area (Å²) in [5, 5.41) is 3.46. The minimum Gasteiger partial charge on any atom is -0.497 e. The van der Waals surface area contributed by atoms with Gasteiger partial charge >= 0.3 is 0 Å². The zero-order chi connectivity index (χ0) is 18.1. The van der Waals surface area contributed by atoms with Gasteiger partial charge in [-0.15, -0.1) is 24.0 Å².